The maximum absolute atomic E-state index is 10.3. The highest BCUT2D eigenvalue weighted by Gasteiger charge is 1.96. The number of rotatable bonds is 17. The lowest BCUT2D eigenvalue weighted by molar-refractivity contribution is -0.137. The quantitative estimate of drug-likeness (QED) is 0.271. The Labute approximate surface area is 152 Å². The molecule has 0 atom stereocenters. The standard InChI is InChI=1S/C14H28O2.C8H18/c1-2-3-4-5-6-7-8-9-10-11-12-13-14(15)16;1-3-5-7-8-6-4-2/h2-13H2,1H3,(H,15,16);3-8H2,1-2H3. The molecule has 0 saturated carbocycles. The van der Waals surface area contributed by atoms with E-state index >= 15 is 0 Å². The number of unbranched alkanes of at least 4 members (excludes halogenated alkanes) is 15. The van der Waals surface area contributed by atoms with Crippen LogP contribution >= 0.6 is 0 Å². The molecule has 0 aliphatic rings. The second-order valence-corrected chi connectivity index (χ2v) is 7.09. The van der Waals surface area contributed by atoms with E-state index < -0.39 is 5.97 Å². The zero-order chi connectivity index (χ0) is 18.3. The van der Waals surface area contributed by atoms with E-state index in [2.05, 4.69) is 20.8 Å². The Kier molecular flexibility index (Phi) is 26.5. The van der Waals surface area contributed by atoms with Gasteiger partial charge in [-0.2, -0.15) is 0 Å². The van der Waals surface area contributed by atoms with Crippen molar-refractivity contribution in [1.29, 1.82) is 0 Å². The van der Waals surface area contributed by atoms with E-state index in [4.69, 9.17) is 5.11 Å². The van der Waals surface area contributed by atoms with Crippen molar-refractivity contribution < 1.29 is 9.90 Å². The average molecular weight is 343 g/mol. The molecule has 0 unspecified atom stereocenters. The summed E-state index contributed by atoms with van der Waals surface area (Å²) in [6.07, 6.45) is 22.8. The largest absolute Gasteiger partial charge is 0.481 e. The molecule has 0 aromatic carbocycles. The smallest absolute Gasteiger partial charge is 0.303 e. The minimum absolute atomic E-state index is 0.344. The first-order chi connectivity index (χ1) is 11.7. The van der Waals surface area contributed by atoms with Crippen molar-refractivity contribution in [2.24, 2.45) is 0 Å². The van der Waals surface area contributed by atoms with Crippen LogP contribution < -0.4 is 0 Å². The minimum atomic E-state index is -0.657. The van der Waals surface area contributed by atoms with Gasteiger partial charge in [-0.15, -0.1) is 0 Å². The van der Waals surface area contributed by atoms with Crippen LogP contribution in [0.25, 0.3) is 0 Å². The number of aliphatic carboxylic acids is 1. The molecule has 146 valence electrons. The Morgan fingerprint density at radius 1 is 0.500 bits per heavy atom. The second-order valence-electron chi connectivity index (χ2n) is 7.09. The van der Waals surface area contributed by atoms with Gasteiger partial charge in [-0.05, 0) is 6.42 Å². The lowest BCUT2D eigenvalue weighted by Gasteiger charge is -2.01. The highest BCUT2D eigenvalue weighted by molar-refractivity contribution is 5.66. The molecule has 0 spiro atoms. The first-order valence-corrected chi connectivity index (χ1v) is 10.9. The molecular weight excluding hydrogens is 296 g/mol. The summed E-state index contributed by atoms with van der Waals surface area (Å²) in [6.45, 7) is 6.76. The van der Waals surface area contributed by atoms with Crippen LogP contribution in [0.15, 0.2) is 0 Å². The second kappa shape index (κ2) is 24.7. The highest BCUT2D eigenvalue weighted by Crippen LogP contribution is 2.11. The fourth-order valence-corrected chi connectivity index (χ4v) is 2.79. The molecule has 0 bridgehead atoms. The van der Waals surface area contributed by atoms with Gasteiger partial charge in [0.05, 0.1) is 0 Å². The van der Waals surface area contributed by atoms with Gasteiger partial charge in [0.2, 0.25) is 0 Å². The molecule has 24 heavy (non-hydrogen) atoms. The van der Waals surface area contributed by atoms with Crippen LogP contribution in [0.4, 0.5) is 0 Å². The van der Waals surface area contributed by atoms with Crippen LogP contribution in [0.3, 0.4) is 0 Å². The predicted octanol–water partition coefficient (Wildman–Crippen LogP) is 8.14. The summed E-state index contributed by atoms with van der Waals surface area (Å²) in [7, 11) is 0. The average Bonchev–Trinajstić information content (AvgIpc) is 2.57. The van der Waals surface area contributed by atoms with E-state index in [1.54, 1.807) is 0 Å². The fraction of sp³-hybridized carbons (Fsp3) is 0.955. The molecule has 0 aliphatic carbocycles. The number of hydrogen-bond donors (Lipinski definition) is 1. The molecular formula is C22H46O2. The van der Waals surface area contributed by atoms with Crippen molar-refractivity contribution in [2.75, 3.05) is 0 Å². The van der Waals surface area contributed by atoms with Crippen molar-refractivity contribution in [3.63, 3.8) is 0 Å². The fourth-order valence-electron chi connectivity index (χ4n) is 2.79. The van der Waals surface area contributed by atoms with Crippen molar-refractivity contribution in [3.8, 4) is 0 Å². The lowest BCUT2D eigenvalue weighted by atomic mass is 10.1. The van der Waals surface area contributed by atoms with Crippen molar-refractivity contribution >= 4 is 5.97 Å². The number of carboxylic acids is 1. The Hall–Kier alpha value is -0.530. The van der Waals surface area contributed by atoms with Crippen LogP contribution in [0, 0.1) is 0 Å². The van der Waals surface area contributed by atoms with Crippen LogP contribution in [-0.4, -0.2) is 11.1 Å². The molecule has 2 heteroatoms. The zero-order valence-electron chi connectivity index (χ0n) is 17.1. The Morgan fingerprint density at radius 3 is 1.00 bits per heavy atom. The molecule has 0 saturated heterocycles. The molecule has 0 radical (unpaired) electrons. The topological polar surface area (TPSA) is 37.3 Å². The van der Waals surface area contributed by atoms with Gasteiger partial charge in [0.15, 0.2) is 0 Å². The number of carbonyl (C=O) groups is 1. The van der Waals surface area contributed by atoms with Gasteiger partial charge in [0.25, 0.3) is 0 Å². The van der Waals surface area contributed by atoms with Crippen LogP contribution in [0.2, 0.25) is 0 Å². The molecule has 0 aromatic rings. The van der Waals surface area contributed by atoms with Gasteiger partial charge in [0, 0.05) is 6.42 Å². The molecule has 0 amide bonds. The van der Waals surface area contributed by atoms with Gasteiger partial charge < -0.3 is 5.11 Å². The molecule has 1 N–H and O–H groups in total. The van der Waals surface area contributed by atoms with Gasteiger partial charge >= 0.3 is 5.97 Å². The molecule has 2 nitrogen and oxygen atoms in total. The van der Waals surface area contributed by atoms with Gasteiger partial charge in [0.1, 0.15) is 0 Å². The summed E-state index contributed by atoms with van der Waals surface area (Å²) in [6, 6.07) is 0. The van der Waals surface area contributed by atoms with E-state index in [0.717, 1.165) is 12.8 Å². The van der Waals surface area contributed by atoms with Gasteiger partial charge in [-0.3, -0.25) is 4.79 Å². The summed E-state index contributed by atoms with van der Waals surface area (Å²) >= 11 is 0. The maximum Gasteiger partial charge on any atom is 0.303 e. The predicted molar refractivity (Wildman–Crippen MR) is 108 cm³/mol. The van der Waals surface area contributed by atoms with Crippen LogP contribution in [-0.2, 0) is 4.79 Å². The first kappa shape index (κ1) is 25.7. The molecule has 0 aromatic heterocycles. The Balaban J connectivity index is 0. The lowest BCUT2D eigenvalue weighted by Crippen LogP contribution is -1.93. The highest BCUT2D eigenvalue weighted by atomic mass is 16.4. The Bertz CT molecular complexity index is 220. The first-order valence-electron chi connectivity index (χ1n) is 10.9. The monoisotopic (exact) mass is 342 g/mol. The van der Waals surface area contributed by atoms with E-state index in [1.165, 1.54) is 96.3 Å². The summed E-state index contributed by atoms with van der Waals surface area (Å²) in [5.74, 6) is -0.657. The van der Waals surface area contributed by atoms with E-state index in [-0.39, 0.29) is 0 Å². The number of hydrogen-bond acceptors (Lipinski definition) is 1. The van der Waals surface area contributed by atoms with Crippen LogP contribution in [0.5, 0.6) is 0 Å². The van der Waals surface area contributed by atoms with Crippen molar-refractivity contribution in [1.82, 2.24) is 0 Å². The van der Waals surface area contributed by atoms with Gasteiger partial charge in [-0.25, -0.2) is 0 Å². The van der Waals surface area contributed by atoms with Crippen LogP contribution in [0.1, 0.15) is 136 Å². The zero-order valence-corrected chi connectivity index (χ0v) is 17.1. The summed E-state index contributed by atoms with van der Waals surface area (Å²) in [4.78, 5) is 10.3. The summed E-state index contributed by atoms with van der Waals surface area (Å²) in [5.41, 5.74) is 0. The van der Waals surface area contributed by atoms with E-state index in [0.29, 0.717) is 6.42 Å². The maximum atomic E-state index is 10.3. The van der Waals surface area contributed by atoms with Gasteiger partial charge in [-0.1, -0.05) is 124 Å². The van der Waals surface area contributed by atoms with E-state index in [1.807, 2.05) is 0 Å². The third-order valence-corrected chi connectivity index (χ3v) is 4.45. The van der Waals surface area contributed by atoms with Crippen molar-refractivity contribution in [3.05, 3.63) is 0 Å². The third kappa shape index (κ3) is 29.5. The molecule has 0 aliphatic heterocycles. The van der Waals surface area contributed by atoms with Crippen molar-refractivity contribution in [2.45, 2.75) is 136 Å². The Morgan fingerprint density at radius 2 is 0.750 bits per heavy atom. The molecule has 0 fully saturated rings. The summed E-state index contributed by atoms with van der Waals surface area (Å²) in [5, 5.41) is 8.46. The summed E-state index contributed by atoms with van der Waals surface area (Å²) < 4.78 is 0. The van der Waals surface area contributed by atoms with E-state index in [9.17, 15) is 4.79 Å². The molecule has 0 rings (SSSR count). The molecule has 0 heterocycles. The number of carboxylic acid groups (broad SMARTS) is 1. The third-order valence-electron chi connectivity index (χ3n) is 4.45. The SMILES string of the molecule is CCCCCCCC.CCCCCCCCCCCCCC(=O)O. The minimum Gasteiger partial charge on any atom is -0.481 e. The normalized spacial score (nSPS) is 10.3.